The van der Waals surface area contributed by atoms with Crippen LogP contribution in [-0.2, 0) is 14.1 Å². The number of aliphatic hydroxyl groups is 1. The second kappa shape index (κ2) is 4.46. The topological polar surface area (TPSA) is 47.2 Å². The van der Waals surface area contributed by atoms with E-state index in [9.17, 15) is 9.90 Å². The van der Waals surface area contributed by atoms with E-state index in [1.54, 1.807) is 32.3 Å². The van der Waals surface area contributed by atoms with Gasteiger partial charge in [0.05, 0.1) is 11.0 Å². The summed E-state index contributed by atoms with van der Waals surface area (Å²) in [5, 5.41) is 9.89. The second-order valence-corrected chi connectivity index (χ2v) is 6.46. The van der Waals surface area contributed by atoms with Crippen LogP contribution in [-0.4, -0.2) is 18.0 Å². The number of halogens is 3. The summed E-state index contributed by atoms with van der Waals surface area (Å²) < 4.78 is 1.19. The van der Waals surface area contributed by atoms with E-state index in [-0.39, 0.29) is 5.69 Å². The van der Waals surface area contributed by atoms with E-state index in [4.69, 9.17) is 34.8 Å². The Kier molecular flexibility index (Phi) is 3.40. The third-order valence-electron chi connectivity index (χ3n) is 2.92. The minimum atomic E-state index is -1.80. The molecule has 0 aliphatic carbocycles. The number of aromatic nitrogens is 2. The quantitative estimate of drug-likeness (QED) is 0.822. The maximum absolute atomic E-state index is 11.8. The maximum Gasteiger partial charge on any atom is 0.328 e. The van der Waals surface area contributed by atoms with Crippen molar-refractivity contribution in [3.05, 3.63) is 34.2 Å². The van der Waals surface area contributed by atoms with Gasteiger partial charge in [-0.3, -0.25) is 9.13 Å². The van der Waals surface area contributed by atoms with E-state index in [1.165, 1.54) is 9.13 Å². The molecule has 0 unspecified atom stereocenters. The van der Waals surface area contributed by atoms with E-state index in [0.29, 0.717) is 11.1 Å². The summed E-state index contributed by atoms with van der Waals surface area (Å²) in [6.07, 6.45) is -1.25. The molecule has 0 aliphatic heterocycles. The molecular weight excluding hydrogens is 298 g/mol. The smallest absolute Gasteiger partial charge is 0.328 e. The van der Waals surface area contributed by atoms with Crippen molar-refractivity contribution in [1.82, 2.24) is 9.13 Å². The van der Waals surface area contributed by atoms with Gasteiger partial charge in [-0.15, -0.1) is 0 Å². The summed E-state index contributed by atoms with van der Waals surface area (Å²) in [5.74, 6) is 0. The number of rotatable bonds is 1. The number of benzene rings is 1. The molecular formula is C11H11Cl3N2O2. The fraction of sp³-hybridized carbons (Fsp3) is 0.364. The Morgan fingerprint density at radius 3 is 2.28 bits per heavy atom. The van der Waals surface area contributed by atoms with Gasteiger partial charge in [0.25, 0.3) is 0 Å². The minimum absolute atomic E-state index is 0.148. The number of alkyl halides is 3. The van der Waals surface area contributed by atoms with Crippen LogP contribution >= 0.6 is 34.8 Å². The third kappa shape index (κ3) is 2.14. The van der Waals surface area contributed by atoms with Crippen molar-refractivity contribution in [2.24, 2.45) is 14.1 Å². The standard InChI is InChI=1S/C11H11Cl3N2O2/c1-15-7-4-3-6(9(17)11(12,13)14)5-8(7)16(2)10(15)18/h3-5,9,17H,1-2H3/t9-/m0/s1. The van der Waals surface area contributed by atoms with E-state index in [1.807, 2.05) is 0 Å². The van der Waals surface area contributed by atoms with Crippen molar-refractivity contribution >= 4 is 45.8 Å². The molecule has 0 bridgehead atoms. The van der Waals surface area contributed by atoms with Crippen LogP contribution in [0.3, 0.4) is 0 Å². The monoisotopic (exact) mass is 308 g/mol. The Balaban J connectivity index is 2.65. The van der Waals surface area contributed by atoms with Gasteiger partial charge < -0.3 is 5.11 Å². The predicted molar refractivity (Wildman–Crippen MR) is 73.4 cm³/mol. The van der Waals surface area contributed by atoms with Crippen LogP contribution in [0.1, 0.15) is 11.7 Å². The number of nitrogens with zero attached hydrogens (tertiary/aromatic N) is 2. The number of aryl methyl sites for hydroxylation is 2. The number of fused-ring (bicyclic) bond motifs is 1. The molecule has 18 heavy (non-hydrogen) atoms. The van der Waals surface area contributed by atoms with Crippen LogP contribution in [0.15, 0.2) is 23.0 Å². The van der Waals surface area contributed by atoms with E-state index in [0.717, 1.165) is 5.52 Å². The lowest BCUT2D eigenvalue weighted by Gasteiger charge is -2.19. The summed E-state index contributed by atoms with van der Waals surface area (Å²) in [6.45, 7) is 0. The lowest BCUT2D eigenvalue weighted by atomic mass is 10.1. The molecule has 0 fully saturated rings. The van der Waals surface area contributed by atoms with Crippen molar-refractivity contribution in [3.8, 4) is 0 Å². The zero-order valence-corrected chi connectivity index (χ0v) is 12.0. The highest BCUT2D eigenvalue weighted by molar-refractivity contribution is 6.68. The molecule has 0 spiro atoms. The molecule has 98 valence electrons. The van der Waals surface area contributed by atoms with Gasteiger partial charge in [0.1, 0.15) is 6.10 Å². The Labute approximate surface area is 118 Å². The molecule has 4 nitrogen and oxygen atoms in total. The molecule has 2 aromatic rings. The lowest BCUT2D eigenvalue weighted by molar-refractivity contribution is 0.182. The predicted octanol–water partition coefficient (Wildman–Crippen LogP) is 2.28. The molecule has 0 amide bonds. The first-order chi connectivity index (χ1) is 8.23. The average Bonchev–Trinajstić information content (AvgIpc) is 2.52. The van der Waals surface area contributed by atoms with E-state index in [2.05, 4.69) is 0 Å². The van der Waals surface area contributed by atoms with Gasteiger partial charge in [-0.05, 0) is 17.7 Å². The van der Waals surface area contributed by atoms with Crippen LogP contribution in [0, 0.1) is 0 Å². The molecule has 0 radical (unpaired) electrons. The lowest BCUT2D eigenvalue weighted by Crippen LogP contribution is -2.19. The molecule has 0 aliphatic rings. The van der Waals surface area contributed by atoms with Crippen LogP contribution in [0.25, 0.3) is 11.0 Å². The highest BCUT2D eigenvalue weighted by Crippen LogP contribution is 2.40. The van der Waals surface area contributed by atoms with Gasteiger partial charge in [0, 0.05) is 14.1 Å². The Bertz CT molecular complexity index is 655. The molecule has 0 saturated heterocycles. The van der Waals surface area contributed by atoms with Crippen molar-refractivity contribution < 1.29 is 5.11 Å². The van der Waals surface area contributed by atoms with Crippen molar-refractivity contribution in [2.75, 3.05) is 0 Å². The maximum atomic E-state index is 11.8. The summed E-state index contributed by atoms with van der Waals surface area (Å²) in [4.78, 5) is 11.8. The fourth-order valence-electron chi connectivity index (χ4n) is 1.88. The van der Waals surface area contributed by atoms with Crippen molar-refractivity contribution in [2.45, 2.75) is 9.90 Å². The molecule has 2 rings (SSSR count). The van der Waals surface area contributed by atoms with Crippen LogP contribution in [0.5, 0.6) is 0 Å². The molecule has 0 saturated carbocycles. The van der Waals surface area contributed by atoms with Crippen LogP contribution < -0.4 is 5.69 Å². The zero-order valence-electron chi connectivity index (χ0n) is 9.69. The molecule has 1 aromatic carbocycles. The minimum Gasteiger partial charge on any atom is -0.384 e. The highest BCUT2D eigenvalue weighted by atomic mass is 35.6. The second-order valence-electron chi connectivity index (χ2n) is 4.09. The van der Waals surface area contributed by atoms with Gasteiger partial charge in [-0.2, -0.15) is 0 Å². The fourth-order valence-corrected chi connectivity index (χ4v) is 2.26. The summed E-state index contributed by atoms with van der Waals surface area (Å²) in [7, 11) is 3.33. The Hall–Kier alpha value is -0.680. The average molecular weight is 310 g/mol. The van der Waals surface area contributed by atoms with Crippen LogP contribution in [0.2, 0.25) is 0 Å². The van der Waals surface area contributed by atoms with Gasteiger partial charge in [0.15, 0.2) is 0 Å². The molecule has 1 atom stereocenters. The number of hydrogen-bond donors (Lipinski definition) is 1. The molecule has 1 aromatic heterocycles. The number of imidazole rings is 1. The number of hydrogen-bond acceptors (Lipinski definition) is 2. The molecule has 7 heteroatoms. The summed E-state index contributed by atoms with van der Waals surface area (Å²) in [6, 6.07) is 4.99. The zero-order chi connectivity index (χ0) is 13.7. The summed E-state index contributed by atoms with van der Waals surface area (Å²) >= 11 is 17.0. The third-order valence-corrected chi connectivity index (χ3v) is 3.54. The van der Waals surface area contributed by atoms with E-state index >= 15 is 0 Å². The van der Waals surface area contributed by atoms with Gasteiger partial charge in [-0.25, -0.2) is 4.79 Å². The first-order valence-electron chi connectivity index (χ1n) is 5.13. The SMILES string of the molecule is Cn1c(=O)n(C)c2cc([C@H](O)C(Cl)(Cl)Cl)ccc21. The molecule has 1 N–H and O–H groups in total. The Morgan fingerprint density at radius 1 is 1.17 bits per heavy atom. The largest absolute Gasteiger partial charge is 0.384 e. The number of aliphatic hydroxyl groups excluding tert-OH is 1. The molecule has 1 heterocycles. The first kappa shape index (κ1) is 13.7. The van der Waals surface area contributed by atoms with Crippen molar-refractivity contribution in [3.63, 3.8) is 0 Å². The van der Waals surface area contributed by atoms with Gasteiger partial charge in [0.2, 0.25) is 3.79 Å². The van der Waals surface area contributed by atoms with Crippen molar-refractivity contribution in [1.29, 1.82) is 0 Å². The van der Waals surface area contributed by atoms with E-state index < -0.39 is 9.90 Å². The van der Waals surface area contributed by atoms with Gasteiger partial charge in [-0.1, -0.05) is 40.9 Å². The normalized spacial score (nSPS) is 14.1. The van der Waals surface area contributed by atoms with Gasteiger partial charge >= 0.3 is 5.69 Å². The van der Waals surface area contributed by atoms with Crippen LogP contribution in [0.4, 0.5) is 0 Å². The highest BCUT2D eigenvalue weighted by Gasteiger charge is 2.32. The first-order valence-corrected chi connectivity index (χ1v) is 6.27. The summed E-state index contributed by atoms with van der Waals surface area (Å²) in [5.41, 5.74) is 1.73. The Morgan fingerprint density at radius 2 is 1.72 bits per heavy atom.